The molecule has 0 fully saturated rings. The summed E-state index contributed by atoms with van der Waals surface area (Å²) in [4.78, 5) is 12.3. The van der Waals surface area contributed by atoms with Crippen LogP contribution in [-0.2, 0) is 7.05 Å². The summed E-state index contributed by atoms with van der Waals surface area (Å²) in [5, 5.41) is 6.96. The first-order valence-electron chi connectivity index (χ1n) is 5.98. The van der Waals surface area contributed by atoms with Gasteiger partial charge in [0, 0.05) is 18.2 Å². The number of aryl methyl sites for hydroxylation is 1. The van der Waals surface area contributed by atoms with Gasteiger partial charge in [0.1, 0.15) is 5.75 Å². The lowest BCUT2D eigenvalue weighted by atomic mass is 10.1. The first kappa shape index (κ1) is 13.1. The topological polar surface area (TPSA) is 56.1 Å². The van der Waals surface area contributed by atoms with E-state index in [0.29, 0.717) is 11.3 Å². The normalized spacial score (nSPS) is 10.3. The molecule has 5 nitrogen and oxygen atoms in total. The van der Waals surface area contributed by atoms with Crippen LogP contribution in [-0.4, -0.2) is 22.8 Å². The molecule has 19 heavy (non-hydrogen) atoms. The van der Waals surface area contributed by atoms with Crippen LogP contribution in [0.1, 0.15) is 21.6 Å². The molecule has 0 atom stereocenters. The van der Waals surface area contributed by atoms with Gasteiger partial charge in [0.25, 0.3) is 5.91 Å². The number of aromatic nitrogens is 2. The zero-order valence-electron chi connectivity index (χ0n) is 11.5. The molecule has 1 N–H and O–H groups in total. The van der Waals surface area contributed by atoms with Crippen molar-refractivity contribution < 1.29 is 9.53 Å². The number of rotatable bonds is 3. The second-order valence-corrected chi connectivity index (χ2v) is 4.35. The minimum Gasteiger partial charge on any atom is -0.496 e. The molecule has 0 bridgehead atoms. The third-order valence-corrected chi connectivity index (χ3v) is 3.23. The van der Waals surface area contributed by atoms with Crippen LogP contribution in [0.2, 0.25) is 0 Å². The number of amides is 1. The third-order valence-electron chi connectivity index (χ3n) is 3.23. The Hall–Kier alpha value is -2.30. The summed E-state index contributed by atoms with van der Waals surface area (Å²) in [5.74, 6) is 0.544. The lowest BCUT2D eigenvalue weighted by molar-refractivity contribution is 0.102. The van der Waals surface area contributed by atoms with E-state index in [9.17, 15) is 4.79 Å². The minimum absolute atomic E-state index is 0.160. The molecule has 0 aliphatic heterocycles. The minimum atomic E-state index is -0.160. The number of benzene rings is 1. The standard InChI is InChI=1S/C14H17N3O2/c1-9-11(6-5-7-13(9)19-4)14(18)16-12-8-15-17(3)10(12)2/h5-8H,1-4H3,(H,16,18). The summed E-state index contributed by atoms with van der Waals surface area (Å²) in [5.41, 5.74) is 3.05. The molecule has 1 amide bonds. The fourth-order valence-corrected chi connectivity index (χ4v) is 1.89. The second-order valence-electron chi connectivity index (χ2n) is 4.35. The molecule has 2 aromatic rings. The molecular weight excluding hydrogens is 242 g/mol. The van der Waals surface area contributed by atoms with Gasteiger partial charge in [-0.15, -0.1) is 0 Å². The van der Waals surface area contributed by atoms with Crippen LogP contribution in [0.15, 0.2) is 24.4 Å². The van der Waals surface area contributed by atoms with Gasteiger partial charge >= 0.3 is 0 Å². The highest BCUT2D eigenvalue weighted by molar-refractivity contribution is 6.05. The fourth-order valence-electron chi connectivity index (χ4n) is 1.89. The number of carbonyl (C=O) groups excluding carboxylic acids is 1. The number of carbonyl (C=O) groups is 1. The van der Waals surface area contributed by atoms with E-state index in [4.69, 9.17) is 4.74 Å². The first-order chi connectivity index (χ1) is 9.04. The average molecular weight is 259 g/mol. The second kappa shape index (κ2) is 5.14. The van der Waals surface area contributed by atoms with Gasteiger partial charge in [-0.2, -0.15) is 5.10 Å². The van der Waals surface area contributed by atoms with Gasteiger partial charge in [-0.1, -0.05) is 6.07 Å². The van der Waals surface area contributed by atoms with Gasteiger partial charge < -0.3 is 10.1 Å². The Morgan fingerprint density at radius 2 is 2.11 bits per heavy atom. The molecule has 0 saturated heterocycles. The van der Waals surface area contributed by atoms with Crippen LogP contribution in [0.25, 0.3) is 0 Å². The molecule has 0 unspecified atom stereocenters. The molecule has 0 spiro atoms. The maximum Gasteiger partial charge on any atom is 0.256 e. The Morgan fingerprint density at radius 1 is 1.37 bits per heavy atom. The smallest absolute Gasteiger partial charge is 0.256 e. The van der Waals surface area contributed by atoms with Crippen molar-refractivity contribution in [1.29, 1.82) is 0 Å². The van der Waals surface area contributed by atoms with E-state index in [-0.39, 0.29) is 5.91 Å². The SMILES string of the molecule is COc1cccc(C(=O)Nc2cnn(C)c2C)c1C. The molecule has 1 aromatic carbocycles. The molecule has 5 heteroatoms. The van der Waals surface area contributed by atoms with Gasteiger partial charge in [0.05, 0.1) is 24.7 Å². The van der Waals surface area contributed by atoms with E-state index in [1.165, 1.54) is 0 Å². The van der Waals surface area contributed by atoms with E-state index in [1.54, 1.807) is 30.1 Å². The molecule has 0 aliphatic rings. The van der Waals surface area contributed by atoms with Crippen LogP contribution in [0.4, 0.5) is 5.69 Å². The zero-order chi connectivity index (χ0) is 14.0. The van der Waals surface area contributed by atoms with Crippen molar-refractivity contribution in [3.63, 3.8) is 0 Å². The van der Waals surface area contributed by atoms with Crippen LogP contribution in [0, 0.1) is 13.8 Å². The lowest BCUT2D eigenvalue weighted by Crippen LogP contribution is -2.14. The molecule has 0 aliphatic carbocycles. The van der Waals surface area contributed by atoms with Crippen LogP contribution in [0.3, 0.4) is 0 Å². The van der Waals surface area contributed by atoms with Crippen molar-refractivity contribution in [2.24, 2.45) is 7.05 Å². The van der Waals surface area contributed by atoms with Crippen molar-refractivity contribution in [1.82, 2.24) is 9.78 Å². The highest BCUT2D eigenvalue weighted by Crippen LogP contribution is 2.22. The van der Waals surface area contributed by atoms with Gasteiger partial charge in [-0.3, -0.25) is 9.48 Å². The Bertz CT molecular complexity index is 617. The number of hydrogen-bond acceptors (Lipinski definition) is 3. The number of anilines is 1. The Morgan fingerprint density at radius 3 is 2.68 bits per heavy atom. The third kappa shape index (κ3) is 2.45. The number of nitrogens with zero attached hydrogens (tertiary/aromatic N) is 2. The quantitative estimate of drug-likeness (QED) is 0.920. The fraction of sp³-hybridized carbons (Fsp3) is 0.286. The maximum atomic E-state index is 12.3. The average Bonchev–Trinajstić information content (AvgIpc) is 2.71. The summed E-state index contributed by atoms with van der Waals surface area (Å²) in [7, 11) is 3.43. The van der Waals surface area contributed by atoms with E-state index in [2.05, 4.69) is 10.4 Å². The number of nitrogens with one attached hydrogen (secondary N) is 1. The van der Waals surface area contributed by atoms with Crippen LogP contribution < -0.4 is 10.1 Å². The monoisotopic (exact) mass is 259 g/mol. The lowest BCUT2D eigenvalue weighted by Gasteiger charge is -2.10. The molecule has 1 heterocycles. The van der Waals surface area contributed by atoms with Gasteiger partial charge in [-0.25, -0.2) is 0 Å². The maximum absolute atomic E-state index is 12.3. The number of hydrogen-bond donors (Lipinski definition) is 1. The predicted molar refractivity (Wildman–Crippen MR) is 73.6 cm³/mol. The van der Waals surface area contributed by atoms with Crippen molar-refractivity contribution in [3.8, 4) is 5.75 Å². The molecular formula is C14H17N3O2. The van der Waals surface area contributed by atoms with Gasteiger partial charge in [-0.05, 0) is 26.0 Å². The molecule has 0 radical (unpaired) electrons. The zero-order valence-corrected chi connectivity index (χ0v) is 11.5. The molecule has 2 rings (SSSR count). The van der Waals surface area contributed by atoms with Crippen LogP contribution in [0.5, 0.6) is 5.75 Å². The van der Waals surface area contributed by atoms with E-state index in [1.807, 2.05) is 27.0 Å². The summed E-state index contributed by atoms with van der Waals surface area (Å²) < 4.78 is 6.93. The van der Waals surface area contributed by atoms with E-state index < -0.39 is 0 Å². The van der Waals surface area contributed by atoms with Crippen LogP contribution >= 0.6 is 0 Å². The number of methoxy groups -OCH3 is 1. The van der Waals surface area contributed by atoms with Crippen molar-refractivity contribution in [2.45, 2.75) is 13.8 Å². The largest absolute Gasteiger partial charge is 0.496 e. The summed E-state index contributed by atoms with van der Waals surface area (Å²) in [6, 6.07) is 5.41. The van der Waals surface area contributed by atoms with Crippen molar-refractivity contribution in [2.75, 3.05) is 12.4 Å². The Labute approximate surface area is 112 Å². The first-order valence-corrected chi connectivity index (χ1v) is 5.98. The summed E-state index contributed by atoms with van der Waals surface area (Å²) in [6.07, 6.45) is 1.64. The Balaban J connectivity index is 2.28. The summed E-state index contributed by atoms with van der Waals surface area (Å²) in [6.45, 7) is 3.77. The number of ether oxygens (including phenoxy) is 1. The Kier molecular flexibility index (Phi) is 3.55. The highest BCUT2D eigenvalue weighted by Gasteiger charge is 2.14. The van der Waals surface area contributed by atoms with Crippen molar-refractivity contribution >= 4 is 11.6 Å². The molecule has 1 aromatic heterocycles. The molecule has 0 saturated carbocycles. The summed E-state index contributed by atoms with van der Waals surface area (Å²) >= 11 is 0. The highest BCUT2D eigenvalue weighted by atomic mass is 16.5. The van der Waals surface area contributed by atoms with E-state index in [0.717, 1.165) is 16.9 Å². The predicted octanol–water partition coefficient (Wildman–Crippen LogP) is 2.30. The van der Waals surface area contributed by atoms with E-state index >= 15 is 0 Å². The van der Waals surface area contributed by atoms with Crippen molar-refractivity contribution in [3.05, 3.63) is 41.2 Å². The van der Waals surface area contributed by atoms with Gasteiger partial charge in [0.15, 0.2) is 0 Å². The van der Waals surface area contributed by atoms with Gasteiger partial charge in [0.2, 0.25) is 0 Å². The molecule has 100 valence electrons.